The molecule has 1 unspecified atom stereocenters. The highest BCUT2D eigenvalue weighted by atomic mass is 15.3. The normalized spacial score (nSPS) is 32.4. The fourth-order valence-corrected chi connectivity index (χ4v) is 4.39. The molecule has 0 spiro atoms. The van der Waals surface area contributed by atoms with Crippen molar-refractivity contribution in [3.05, 3.63) is 0 Å². The Morgan fingerprint density at radius 3 is 2.10 bits per heavy atom. The molecule has 0 aliphatic carbocycles. The minimum absolute atomic E-state index is 0.746. The lowest BCUT2D eigenvalue weighted by atomic mass is 9.95. The Morgan fingerprint density at radius 1 is 0.762 bits per heavy atom. The summed E-state index contributed by atoms with van der Waals surface area (Å²) in [5.74, 6) is 1.87. The van der Waals surface area contributed by atoms with Gasteiger partial charge in [-0.25, -0.2) is 0 Å². The van der Waals surface area contributed by atoms with Crippen LogP contribution in [0.3, 0.4) is 0 Å². The van der Waals surface area contributed by atoms with Gasteiger partial charge in [0.15, 0.2) is 0 Å². The van der Waals surface area contributed by atoms with Crippen LogP contribution in [0.5, 0.6) is 0 Å². The summed E-state index contributed by atoms with van der Waals surface area (Å²) in [5.41, 5.74) is 0. The number of likely N-dealkylation sites (tertiary alicyclic amines) is 2. The summed E-state index contributed by atoms with van der Waals surface area (Å²) in [4.78, 5) is 10.4. The Balaban J connectivity index is 1.38. The molecule has 0 aromatic carbocycles. The first-order valence-electron chi connectivity index (χ1n) is 8.93. The van der Waals surface area contributed by atoms with Crippen LogP contribution in [0.25, 0.3) is 0 Å². The van der Waals surface area contributed by atoms with Gasteiger partial charge in [-0.1, -0.05) is 0 Å². The number of rotatable bonds is 4. The van der Waals surface area contributed by atoms with Crippen LogP contribution in [0.1, 0.15) is 19.8 Å². The van der Waals surface area contributed by atoms with Crippen molar-refractivity contribution < 1.29 is 0 Å². The molecule has 3 aliphatic heterocycles. The quantitative estimate of drug-likeness (QED) is 0.763. The largest absolute Gasteiger partial charge is 0.306 e. The number of hydrogen-bond acceptors (Lipinski definition) is 4. The molecule has 4 nitrogen and oxygen atoms in total. The van der Waals surface area contributed by atoms with E-state index in [0.29, 0.717) is 0 Å². The Bertz CT molecular complexity index is 321. The van der Waals surface area contributed by atoms with Gasteiger partial charge in [0.1, 0.15) is 0 Å². The van der Waals surface area contributed by atoms with Crippen LogP contribution >= 0.6 is 0 Å². The fraction of sp³-hybridized carbons (Fsp3) is 1.00. The number of piperazine rings is 1. The van der Waals surface area contributed by atoms with Crippen molar-refractivity contribution in [2.45, 2.75) is 25.8 Å². The van der Waals surface area contributed by atoms with Crippen molar-refractivity contribution in [3.63, 3.8) is 0 Å². The molecule has 3 heterocycles. The maximum absolute atomic E-state index is 2.74. The second-order valence-electron chi connectivity index (χ2n) is 7.94. The van der Waals surface area contributed by atoms with Crippen molar-refractivity contribution in [1.82, 2.24) is 19.6 Å². The average molecular weight is 294 g/mol. The molecule has 3 aliphatic rings. The van der Waals surface area contributed by atoms with Crippen LogP contribution in [-0.2, 0) is 0 Å². The molecule has 3 saturated heterocycles. The third-order valence-electron chi connectivity index (χ3n) is 5.84. The fourth-order valence-electron chi connectivity index (χ4n) is 4.39. The lowest BCUT2D eigenvalue weighted by Gasteiger charge is -2.46. The molecule has 0 radical (unpaired) electrons. The van der Waals surface area contributed by atoms with Gasteiger partial charge in [-0.05, 0) is 58.8 Å². The predicted molar refractivity (Wildman–Crippen MR) is 88.7 cm³/mol. The molecule has 1 atom stereocenters. The second-order valence-corrected chi connectivity index (χ2v) is 7.94. The topological polar surface area (TPSA) is 13.0 Å². The van der Waals surface area contributed by atoms with E-state index >= 15 is 0 Å². The lowest BCUT2D eigenvalue weighted by molar-refractivity contribution is 0.0251. The van der Waals surface area contributed by atoms with Gasteiger partial charge in [0.25, 0.3) is 0 Å². The van der Waals surface area contributed by atoms with E-state index in [9.17, 15) is 0 Å². The highest BCUT2D eigenvalue weighted by Gasteiger charge is 2.31. The van der Waals surface area contributed by atoms with Crippen molar-refractivity contribution in [1.29, 1.82) is 0 Å². The van der Waals surface area contributed by atoms with Crippen LogP contribution in [0.15, 0.2) is 0 Å². The molecule has 4 heteroatoms. The van der Waals surface area contributed by atoms with Gasteiger partial charge in [0.05, 0.1) is 0 Å². The summed E-state index contributed by atoms with van der Waals surface area (Å²) >= 11 is 0. The Hall–Kier alpha value is -0.160. The van der Waals surface area contributed by atoms with E-state index in [1.807, 2.05) is 0 Å². The lowest BCUT2D eigenvalue weighted by Crippen LogP contribution is -2.57. The van der Waals surface area contributed by atoms with Gasteiger partial charge < -0.3 is 14.7 Å². The SMILES string of the molecule is CC1CN(CC2CCN(C)CC2)CCN1CC1CN(C)C1. The minimum Gasteiger partial charge on any atom is -0.306 e. The van der Waals surface area contributed by atoms with Crippen molar-refractivity contribution in [3.8, 4) is 0 Å². The minimum atomic E-state index is 0.746. The molecule has 3 fully saturated rings. The molecule has 0 aromatic heterocycles. The molecule has 0 saturated carbocycles. The third kappa shape index (κ3) is 4.19. The summed E-state index contributed by atoms with van der Waals surface area (Å²) in [6.45, 7) is 14.2. The standard InChI is InChI=1S/C17H34N4/c1-15-10-20(13-16-4-6-18(2)7-5-16)8-9-21(15)14-17-11-19(3)12-17/h15-17H,4-14H2,1-3H3. The zero-order chi connectivity index (χ0) is 14.8. The Labute approximate surface area is 131 Å². The summed E-state index contributed by atoms with van der Waals surface area (Å²) in [5, 5.41) is 0. The van der Waals surface area contributed by atoms with Crippen molar-refractivity contribution >= 4 is 0 Å². The number of nitrogens with zero attached hydrogens (tertiary/aromatic N) is 4. The molecule has 0 bridgehead atoms. The average Bonchev–Trinajstić information content (AvgIpc) is 2.42. The second kappa shape index (κ2) is 6.95. The van der Waals surface area contributed by atoms with Gasteiger partial charge >= 0.3 is 0 Å². The van der Waals surface area contributed by atoms with E-state index in [1.54, 1.807) is 0 Å². The number of hydrogen-bond donors (Lipinski definition) is 0. The third-order valence-corrected chi connectivity index (χ3v) is 5.84. The van der Waals surface area contributed by atoms with Crippen LogP contribution in [-0.4, -0.2) is 98.6 Å². The van der Waals surface area contributed by atoms with E-state index in [4.69, 9.17) is 0 Å². The van der Waals surface area contributed by atoms with Crippen molar-refractivity contribution in [2.24, 2.45) is 11.8 Å². The van der Waals surface area contributed by atoms with Crippen LogP contribution in [0.4, 0.5) is 0 Å². The summed E-state index contributed by atoms with van der Waals surface area (Å²) in [6.07, 6.45) is 2.80. The van der Waals surface area contributed by atoms with Crippen LogP contribution in [0, 0.1) is 11.8 Å². The maximum Gasteiger partial charge on any atom is 0.0195 e. The van der Waals surface area contributed by atoms with Gasteiger partial charge in [-0.3, -0.25) is 4.90 Å². The first-order valence-corrected chi connectivity index (χ1v) is 8.93. The zero-order valence-electron chi connectivity index (χ0n) is 14.3. The van der Waals surface area contributed by atoms with Crippen LogP contribution < -0.4 is 0 Å². The monoisotopic (exact) mass is 294 g/mol. The molecule has 122 valence electrons. The van der Waals surface area contributed by atoms with Crippen LogP contribution in [0.2, 0.25) is 0 Å². The molecule has 3 rings (SSSR count). The first kappa shape index (κ1) is 15.7. The number of piperidine rings is 1. The molecule has 0 N–H and O–H groups in total. The molecular formula is C17H34N4. The first-order chi connectivity index (χ1) is 10.1. The predicted octanol–water partition coefficient (Wildman–Crippen LogP) is 0.896. The molecular weight excluding hydrogens is 260 g/mol. The highest BCUT2D eigenvalue weighted by Crippen LogP contribution is 2.21. The summed E-state index contributed by atoms with van der Waals surface area (Å²) < 4.78 is 0. The van der Waals surface area contributed by atoms with E-state index in [2.05, 4.69) is 40.6 Å². The smallest absolute Gasteiger partial charge is 0.0195 e. The molecule has 21 heavy (non-hydrogen) atoms. The Kier molecular flexibility index (Phi) is 5.20. The van der Waals surface area contributed by atoms with Gasteiger partial charge in [0, 0.05) is 51.9 Å². The Morgan fingerprint density at radius 2 is 1.48 bits per heavy atom. The zero-order valence-corrected chi connectivity index (χ0v) is 14.3. The van der Waals surface area contributed by atoms with E-state index in [0.717, 1.165) is 17.9 Å². The molecule has 0 aromatic rings. The maximum atomic E-state index is 2.74. The van der Waals surface area contributed by atoms with Gasteiger partial charge in [-0.2, -0.15) is 0 Å². The van der Waals surface area contributed by atoms with Crippen molar-refractivity contribution in [2.75, 3.05) is 73.0 Å². The molecule has 0 amide bonds. The summed E-state index contributed by atoms with van der Waals surface area (Å²) in [7, 11) is 4.49. The van der Waals surface area contributed by atoms with Gasteiger partial charge in [0.2, 0.25) is 0 Å². The van der Waals surface area contributed by atoms with Gasteiger partial charge in [-0.15, -0.1) is 0 Å². The summed E-state index contributed by atoms with van der Waals surface area (Å²) in [6, 6.07) is 0.746. The van der Waals surface area contributed by atoms with E-state index in [1.165, 1.54) is 71.7 Å². The van der Waals surface area contributed by atoms with E-state index < -0.39 is 0 Å². The van der Waals surface area contributed by atoms with E-state index in [-0.39, 0.29) is 0 Å². The highest BCUT2D eigenvalue weighted by molar-refractivity contribution is 4.86.